The molecule has 0 unspecified atom stereocenters. The Balaban J connectivity index is 0.00000197. The van der Waals surface area contributed by atoms with Crippen molar-refractivity contribution in [1.29, 1.82) is 0 Å². The minimum atomic E-state index is 0.382. The quantitative estimate of drug-likeness (QED) is 0.158. The first-order valence-electron chi connectivity index (χ1n) is 15.0. The van der Waals surface area contributed by atoms with E-state index in [1.807, 2.05) is 0 Å². The summed E-state index contributed by atoms with van der Waals surface area (Å²) >= 11 is 0.382. The average molecular weight is 655 g/mol. The number of benzene rings is 2. The van der Waals surface area contributed by atoms with E-state index in [4.69, 9.17) is 30.3 Å². The second kappa shape index (κ2) is 17.3. The standard InChI is InChI=1S/C36H50N3.2ClH.Co/c1-23(2)31-17-13-18-32(24(3)4)35(31)37-27(9)21-29-15-12-16-30(38-29)22-28(10)39(11)36-33(25(5)6)19-14-20-34(36)26(7)8;;;/h12-20,23-26H,21-22H2,1-11H3;2*1H;/q+1;;;+2/p-2. The summed E-state index contributed by atoms with van der Waals surface area (Å²) < 4.78 is 2.39. The molecule has 3 aromatic rings. The first-order chi connectivity index (χ1) is 19.8. The van der Waals surface area contributed by atoms with E-state index < -0.39 is 0 Å². The van der Waals surface area contributed by atoms with Crippen molar-refractivity contribution < 1.29 is 17.5 Å². The summed E-state index contributed by atoms with van der Waals surface area (Å²) in [4.78, 5) is 10.2. The third kappa shape index (κ3) is 10.0. The zero-order valence-electron chi connectivity index (χ0n) is 27.4. The van der Waals surface area contributed by atoms with E-state index in [0.29, 0.717) is 36.6 Å². The molecule has 0 saturated heterocycles. The van der Waals surface area contributed by atoms with Crippen molar-refractivity contribution in [3.63, 3.8) is 0 Å². The van der Waals surface area contributed by atoms with Gasteiger partial charge in [0.2, 0.25) is 5.69 Å². The van der Waals surface area contributed by atoms with Crippen molar-refractivity contribution in [3.05, 3.63) is 88.2 Å². The Labute approximate surface area is 270 Å². The van der Waals surface area contributed by atoms with Crippen LogP contribution in [0.3, 0.4) is 0 Å². The number of aromatic nitrogens is 1. The fourth-order valence-corrected chi connectivity index (χ4v) is 5.33. The van der Waals surface area contributed by atoms with E-state index in [1.165, 1.54) is 33.7 Å². The minimum absolute atomic E-state index is 0.382. The van der Waals surface area contributed by atoms with Gasteiger partial charge in [-0.15, -0.1) is 0 Å². The number of para-hydroxylation sites is 2. The number of pyridine rings is 1. The van der Waals surface area contributed by atoms with Crippen molar-refractivity contribution in [2.45, 2.75) is 106 Å². The first kappa shape index (κ1) is 36.2. The summed E-state index contributed by atoms with van der Waals surface area (Å²) in [7, 11) is 11.7. The molecule has 1 aromatic heterocycles. The molecule has 0 aliphatic rings. The van der Waals surface area contributed by atoms with Crippen molar-refractivity contribution >= 4 is 43.1 Å². The molecule has 6 heteroatoms. The van der Waals surface area contributed by atoms with E-state index in [2.05, 4.69) is 135 Å². The van der Waals surface area contributed by atoms with Gasteiger partial charge in [0.1, 0.15) is 7.05 Å². The van der Waals surface area contributed by atoms with E-state index in [9.17, 15) is 0 Å². The monoisotopic (exact) mass is 653 g/mol. The molecule has 0 N–H and O–H groups in total. The van der Waals surface area contributed by atoms with Gasteiger partial charge in [0, 0.05) is 35.9 Å². The number of hydrogen-bond donors (Lipinski definition) is 0. The Morgan fingerprint density at radius 1 is 0.690 bits per heavy atom. The number of halogens is 2. The van der Waals surface area contributed by atoms with Gasteiger partial charge in [0.25, 0.3) is 0 Å². The van der Waals surface area contributed by atoms with Gasteiger partial charge >= 0.3 is 33.2 Å². The first-order valence-corrected chi connectivity index (χ1v) is 17.8. The molecule has 3 nitrogen and oxygen atoms in total. The van der Waals surface area contributed by atoms with Crippen LogP contribution in [-0.2, 0) is 25.7 Å². The van der Waals surface area contributed by atoms with Crippen LogP contribution in [0.4, 0.5) is 11.4 Å². The second-order valence-corrected chi connectivity index (χ2v) is 14.1. The Hall–Kier alpha value is -1.98. The van der Waals surface area contributed by atoms with Crippen LogP contribution in [0.5, 0.6) is 0 Å². The Morgan fingerprint density at radius 2 is 1.07 bits per heavy atom. The van der Waals surface area contributed by atoms with Gasteiger partial charge in [0.05, 0.1) is 17.8 Å². The molecule has 0 aliphatic heterocycles. The zero-order chi connectivity index (χ0) is 31.6. The van der Waals surface area contributed by atoms with Crippen molar-refractivity contribution in [2.75, 3.05) is 7.05 Å². The van der Waals surface area contributed by atoms with Crippen LogP contribution in [0.15, 0.2) is 59.6 Å². The van der Waals surface area contributed by atoms with Crippen LogP contribution >= 0.6 is 20.3 Å². The maximum atomic E-state index is 5.17. The van der Waals surface area contributed by atoms with E-state index in [1.54, 1.807) is 0 Å². The normalized spacial score (nSPS) is 12.7. The molecule has 2 aromatic carbocycles. The molecule has 0 spiro atoms. The Bertz CT molecular complexity index is 1320. The predicted octanol–water partition coefficient (Wildman–Crippen LogP) is 11.3. The number of nitrogens with zero attached hydrogens (tertiary/aromatic N) is 3. The maximum absolute atomic E-state index is 5.17. The number of rotatable bonds is 10. The SMILES string of the molecule is CC(Cc1cccc(CC(C)=[N+](C)c2c(C(C)C)cccc2C(C)C)n1)=Nc1c(C(C)C)cccc1C(C)C.[Cl][Co][Cl]. The van der Waals surface area contributed by atoms with Gasteiger partial charge < -0.3 is 0 Å². The van der Waals surface area contributed by atoms with Crippen LogP contribution < -0.4 is 0 Å². The summed E-state index contributed by atoms with van der Waals surface area (Å²) in [5.41, 5.74) is 12.5. The van der Waals surface area contributed by atoms with E-state index in [-0.39, 0.29) is 0 Å². The van der Waals surface area contributed by atoms with Gasteiger partial charge in [-0.25, -0.2) is 4.58 Å². The molecule has 0 fully saturated rings. The molecule has 1 heterocycles. The summed E-state index contributed by atoms with van der Waals surface area (Å²) in [5.74, 6) is 1.80. The van der Waals surface area contributed by atoms with Crippen LogP contribution in [-0.4, -0.2) is 28.0 Å². The molecular weight excluding hydrogens is 604 g/mol. The van der Waals surface area contributed by atoms with Gasteiger partial charge in [-0.2, -0.15) is 0 Å². The van der Waals surface area contributed by atoms with Crippen LogP contribution in [0.25, 0.3) is 0 Å². The number of aliphatic imine (C=N–C) groups is 1. The van der Waals surface area contributed by atoms with Crippen LogP contribution in [0.2, 0.25) is 0 Å². The molecular formula is C36H50Cl2CoN3+. The molecule has 0 radical (unpaired) electrons. The Kier molecular flexibility index (Phi) is 15.0. The van der Waals surface area contributed by atoms with E-state index in [0.717, 1.165) is 35.6 Å². The predicted molar refractivity (Wildman–Crippen MR) is 182 cm³/mol. The molecule has 42 heavy (non-hydrogen) atoms. The van der Waals surface area contributed by atoms with Gasteiger partial charge in [0.15, 0.2) is 5.71 Å². The molecule has 231 valence electrons. The third-order valence-corrected chi connectivity index (χ3v) is 7.63. The molecule has 0 aliphatic carbocycles. The fourth-order valence-electron chi connectivity index (χ4n) is 5.33. The van der Waals surface area contributed by atoms with Crippen molar-refractivity contribution in [1.82, 2.24) is 4.98 Å². The van der Waals surface area contributed by atoms with Gasteiger partial charge in [-0.3, -0.25) is 9.98 Å². The topological polar surface area (TPSA) is 28.3 Å². The summed E-state index contributed by atoms with van der Waals surface area (Å²) in [6.45, 7) is 22.5. The second-order valence-electron chi connectivity index (χ2n) is 12.4. The van der Waals surface area contributed by atoms with Gasteiger partial charge in [-0.05, 0) is 53.9 Å². The third-order valence-electron chi connectivity index (χ3n) is 7.63. The summed E-state index contributed by atoms with van der Waals surface area (Å²) in [6.07, 6.45) is 1.57. The molecule has 0 bridgehead atoms. The summed E-state index contributed by atoms with van der Waals surface area (Å²) in [5, 5.41) is 0. The van der Waals surface area contributed by atoms with E-state index >= 15 is 0 Å². The van der Waals surface area contributed by atoms with Crippen molar-refractivity contribution in [2.24, 2.45) is 4.99 Å². The molecule has 3 rings (SSSR count). The fraction of sp³-hybridized carbons (Fsp3) is 0.472. The van der Waals surface area contributed by atoms with Gasteiger partial charge in [-0.1, -0.05) is 97.9 Å². The van der Waals surface area contributed by atoms with Crippen molar-refractivity contribution in [3.8, 4) is 0 Å². The molecule has 0 amide bonds. The van der Waals surface area contributed by atoms with Crippen LogP contribution in [0.1, 0.15) is 127 Å². The number of hydrogen-bond acceptors (Lipinski definition) is 2. The molecule has 0 atom stereocenters. The average Bonchev–Trinajstić information content (AvgIpc) is 2.92. The molecule has 0 saturated carbocycles. The summed E-state index contributed by atoms with van der Waals surface area (Å²) in [6, 6.07) is 19.8. The Morgan fingerprint density at radius 3 is 1.50 bits per heavy atom. The zero-order valence-corrected chi connectivity index (χ0v) is 29.9. The van der Waals surface area contributed by atoms with Crippen LogP contribution in [0, 0.1) is 0 Å².